The second-order valence-electron chi connectivity index (χ2n) is 6.80. The molecule has 4 rings (SSSR count). The second kappa shape index (κ2) is 8.28. The topological polar surface area (TPSA) is 63.6 Å². The number of carbonyl (C=O) groups is 2. The molecule has 0 aliphatic heterocycles. The SMILES string of the molecule is C=Cc1ccc2c(c1-c1ccc(OCc3ccccc3)cc1O)C(=O)C(I)=CC2=O. The van der Waals surface area contributed by atoms with E-state index in [4.69, 9.17) is 4.74 Å². The summed E-state index contributed by atoms with van der Waals surface area (Å²) < 4.78 is 6.12. The number of ether oxygens (including phenoxy) is 1. The van der Waals surface area contributed by atoms with Gasteiger partial charge in [-0.1, -0.05) is 49.1 Å². The van der Waals surface area contributed by atoms with Gasteiger partial charge in [-0.15, -0.1) is 0 Å². The number of phenolic OH excluding ortho intramolecular Hbond substituents is 1. The molecule has 0 spiro atoms. The second-order valence-corrected chi connectivity index (χ2v) is 7.96. The standard InChI is InChI=1S/C25H17IO4/c1-2-16-8-10-19-22(28)13-20(26)25(29)24(19)23(16)18-11-9-17(12-21(18)27)30-14-15-6-4-3-5-7-15/h2-13,27H,1,14H2. The van der Waals surface area contributed by atoms with Gasteiger partial charge in [0.15, 0.2) is 5.78 Å². The first kappa shape index (κ1) is 20.1. The van der Waals surface area contributed by atoms with Crippen LogP contribution in [0, 0.1) is 0 Å². The highest BCUT2D eigenvalue weighted by molar-refractivity contribution is 14.1. The lowest BCUT2D eigenvalue weighted by atomic mass is 9.84. The molecule has 30 heavy (non-hydrogen) atoms. The minimum atomic E-state index is -0.243. The van der Waals surface area contributed by atoms with Gasteiger partial charge in [-0.2, -0.15) is 0 Å². The number of phenols is 1. The van der Waals surface area contributed by atoms with E-state index in [1.54, 1.807) is 30.3 Å². The number of fused-ring (bicyclic) bond motifs is 1. The highest BCUT2D eigenvalue weighted by atomic mass is 127. The molecule has 0 atom stereocenters. The van der Waals surface area contributed by atoms with Crippen LogP contribution in [0.5, 0.6) is 11.5 Å². The van der Waals surface area contributed by atoms with Crippen LogP contribution in [0.15, 0.2) is 76.9 Å². The highest BCUT2D eigenvalue weighted by Gasteiger charge is 2.29. The first-order chi connectivity index (χ1) is 14.5. The summed E-state index contributed by atoms with van der Waals surface area (Å²) in [6, 6.07) is 18.0. The van der Waals surface area contributed by atoms with E-state index in [1.807, 2.05) is 52.9 Å². The van der Waals surface area contributed by atoms with Gasteiger partial charge in [0.25, 0.3) is 0 Å². The van der Waals surface area contributed by atoms with Crippen LogP contribution in [-0.2, 0) is 6.61 Å². The lowest BCUT2D eigenvalue weighted by Crippen LogP contribution is -2.16. The summed E-state index contributed by atoms with van der Waals surface area (Å²) in [5.41, 5.74) is 3.23. The molecular weight excluding hydrogens is 491 g/mol. The molecule has 0 radical (unpaired) electrons. The number of benzene rings is 3. The zero-order valence-corrected chi connectivity index (χ0v) is 18.0. The van der Waals surface area contributed by atoms with Gasteiger partial charge in [-0.25, -0.2) is 0 Å². The van der Waals surface area contributed by atoms with Gasteiger partial charge in [0.05, 0.1) is 3.58 Å². The molecule has 0 fully saturated rings. The van der Waals surface area contributed by atoms with E-state index in [-0.39, 0.29) is 22.9 Å². The Morgan fingerprint density at radius 3 is 2.40 bits per heavy atom. The van der Waals surface area contributed by atoms with Crippen LogP contribution in [-0.4, -0.2) is 16.7 Å². The molecule has 148 valence electrons. The number of halogens is 1. The van der Waals surface area contributed by atoms with Gasteiger partial charge in [0, 0.05) is 34.4 Å². The van der Waals surface area contributed by atoms with E-state index in [0.29, 0.717) is 38.2 Å². The lowest BCUT2D eigenvalue weighted by molar-refractivity contribution is 0.0993. The van der Waals surface area contributed by atoms with Gasteiger partial charge in [-0.3, -0.25) is 9.59 Å². The number of rotatable bonds is 5. The molecule has 0 saturated heterocycles. The van der Waals surface area contributed by atoms with Crippen molar-refractivity contribution in [2.45, 2.75) is 6.61 Å². The third kappa shape index (κ3) is 3.68. The quantitative estimate of drug-likeness (QED) is 0.431. The third-order valence-corrected chi connectivity index (χ3v) is 5.71. The maximum atomic E-state index is 12.9. The summed E-state index contributed by atoms with van der Waals surface area (Å²) in [5.74, 6) is -0.00956. The van der Waals surface area contributed by atoms with Crippen LogP contribution in [0.3, 0.4) is 0 Å². The summed E-state index contributed by atoms with van der Waals surface area (Å²) in [6.07, 6.45) is 2.95. The Kier molecular flexibility index (Phi) is 5.55. The maximum absolute atomic E-state index is 12.9. The lowest BCUT2D eigenvalue weighted by Gasteiger charge is -2.19. The molecule has 3 aromatic rings. The van der Waals surface area contributed by atoms with Crippen LogP contribution in [0.4, 0.5) is 0 Å². The van der Waals surface area contributed by atoms with E-state index >= 15 is 0 Å². The van der Waals surface area contributed by atoms with Gasteiger partial charge in [0.2, 0.25) is 5.78 Å². The van der Waals surface area contributed by atoms with Gasteiger partial charge in [0.1, 0.15) is 18.1 Å². The molecular formula is C25H17IO4. The Morgan fingerprint density at radius 1 is 0.967 bits per heavy atom. The molecule has 4 nitrogen and oxygen atoms in total. The van der Waals surface area contributed by atoms with E-state index in [1.165, 1.54) is 12.1 Å². The van der Waals surface area contributed by atoms with Crippen LogP contribution < -0.4 is 4.74 Å². The Hall–Kier alpha value is -3.19. The number of aromatic hydroxyl groups is 1. The fourth-order valence-corrected chi connectivity index (χ4v) is 4.00. The summed E-state index contributed by atoms with van der Waals surface area (Å²) in [7, 11) is 0. The molecule has 0 heterocycles. The molecule has 3 aromatic carbocycles. The van der Waals surface area contributed by atoms with E-state index < -0.39 is 0 Å². The number of Topliss-reactive ketones (excluding diaryl/α,β-unsaturated/α-hetero) is 1. The number of hydrogen-bond acceptors (Lipinski definition) is 4. The van der Waals surface area contributed by atoms with Gasteiger partial charge < -0.3 is 9.84 Å². The zero-order chi connectivity index (χ0) is 21.3. The Bertz CT molecular complexity index is 1210. The molecule has 5 heteroatoms. The van der Waals surface area contributed by atoms with Crippen molar-refractivity contribution in [3.8, 4) is 22.6 Å². The van der Waals surface area contributed by atoms with Crippen molar-refractivity contribution in [2.75, 3.05) is 0 Å². The Morgan fingerprint density at radius 2 is 1.70 bits per heavy atom. The van der Waals surface area contributed by atoms with Crippen molar-refractivity contribution in [3.05, 3.63) is 99.2 Å². The van der Waals surface area contributed by atoms with Crippen molar-refractivity contribution >= 4 is 40.2 Å². The summed E-state index contributed by atoms with van der Waals surface area (Å²) in [6.45, 7) is 4.19. The average molecular weight is 508 g/mol. The van der Waals surface area contributed by atoms with E-state index in [0.717, 1.165) is 5.56 Å². The van der Waals surface area contributed by atoms with Crippen LogP contribution in [0.1, 0.15) is 31.8 Å². The monoisotopic (exact) mass is 508 g/mol. The Labute approximate surface area is 187 Å². The number of ketones is 2. The van der Waals surface area contributed by atoms with Crippen molar-refractivity contribution < 1.29 is 19.4 Å². The first-order valence-corrected chi connectivity index (χ1v) is 10.3. The molecule has 0 bridgehead atoms. The highest BCUT2D eigenvalue weighted by Crippen LogP contribution is 2.41. The molecule has 0 unspecified atom stereocenters. The predicted octanol–water partition coefficient (Wildman–Crippen LogP) is 5.98. The predicted molar refractivity (Wildman–Crippen MR) is 125 cm³/mol. The summed E-state index contributed by atoms with van der Waals surface area (Å²) in [5, 5.41) is 10.8. The number of carbonyl (C=O) groups excluding carboxylic acids is 2. The van der Waals surface area contributed by atoms with Crippen molar-refractivity contribution in [1.29, 1.82) is 0 Å². The van der Waals surface area contributed by atoms with Crippen molar-refractivity contribution in [1.82, 2.24) is 0 Å². The normalized spacial score (nSPS) is 12.9. The van der Waals surface area contributed by atoms with Gasteiger partial charge in [-0.05, 0) is 51.9 Å². The third-order valence-electron chi connectivity index (χ3n) is 4.91. The molecule has 0 aromatic heterocycles. The minimum Gasteiger partial charge on any atom is -0.507 e. The number of allylic oxidation sites excluding steroid dienone is 2. The van der Waals surface area contributed by atoms with Gasteiger partial charge >= 0.3 is 0 Å². The fraction of sp³-hybridized carbons (Fsp3) is 0.0400. The Balaban J connectivity index is 1.76. The van der Waals surface area contributed by atoms with Crippen LogP contribution >= 0.6 is 22.6 Å². The molecule has 1 N–H and O–H groups in total. The average Bonchev–Trinajstić information content (AvgIpc) is 2.76. The molecule has 1 aliphatic carbocycles. The fourth-order valence-electron chi connectivity index (χ4n) is 3.45. The molecule has 1 aliphatic rings. The first-order valence-electron chi connectivity index (χ1n) is 9.25. The largest absolute Gasteiger partial charge is 0.507 e. The van der Waals surface area contributed by atoms with Crippen molar-refractivity contribution in [3.63, 3.8) is 0 Å². The van der Waals surface area contributed by atoms with E-state index in [2.05, 4.69) is 6.58 Å². The molecule has 0 saturated carbocycles. The van der Waals surface area contributed by atoms with Crippen molar-refractivity contribution in [2.24, 2.45) is 0 Å². The number of hydrogen-bond donors (Lipinski definition) is 1. The zero-order valence-electron chi connectivity index (χ0n) is 15.9. The maximum Gasteiger partial charge on any atom is 0.200 e. The smallest absolute Gasteiger partial charge is 0.200 e. The minimum absolute atomic E-state index is 0.0399. The van der Waals surface area contributed by atoms with Crippen LogP contribution in [0.2, 0.25) is 0 Å². The van der Waals surface area contributed by atoms with Crippen LogP contribution in [0.25, 0.3) is 17.2 Å². The summed E-state index contributed by atoms with van der Waals surface area (Å²) >= 11 is 1.87. The molecule has 0 amide bonds. The summed E-state index contributed by atoms with van der Waals surface area (Å²) in [4.78, 5) is 25.3. The van der Waals surface area contributed by atoms with E-state index in [9.17, 15) is 14.7 Å².